The van der Waals surface area contributed by atoms with Crippen LogP contribution >= 0.6 is 0 Å². The fourth-order valence-corrected chi connectivity index (χ4v) is 1.84. The zero-order valence-corrected chi connectivity index (χ0v) is 9.87. The van der Waals surface area contributed by atoms with Crippen molar-refractivity contribution in [3.63, 3.8) is 0 Å². The highest BCUT2D eigenvalue weighted by Gasteiger charge is 2.21. The highest BCUT2D eigenvalue weighted by Crippen LogP contribution is 2.26. The van der Waals surface area contributed by atoms with E-state index in [1.807, 2.05) is 37.3 Å². The van der Waals surface area contributed by atoms with Crippen molar-refractivity contribution in [2.45, 2.75) is 51.6 Å². The fourth-order valence-electron chi connectivity index (χ4n) is 1.84. The normalized spacial score (nSPS) is 14.9. The van der Waals surface area contributed by atoms with E-state index in [0.717, 1.165) is 18.4 Å². The molecule has 0 aliphatic heterocycles. The first-order valence-electron chi connectivity index (χ1n) is 5.94. The summed E-state index contributed by atoms with van der Waals surface area (Å²) >= 11 is 0. The Morgan fingerprint density at radius 2 is 1.73 bits per heavy atom. The number of hydrogen-bond acceptors (Lipinski definition) is 1. The summed E-state index contributed by atoms with van der Waals surface area (Å²) < 4.78 is 0. The zero-order chi connectivity index (χ0) is 11.1. The summed E-state index contributed by atoms with van der Waals surface area (Å²) in [6.45, 7) is 4.11. The quantitative estimate of drug-likeness (QED) is 0.701. The van der Waals surface area contributed by atoms with Crippen LogP contribution in [-0.4, -0.2) is 5.11 Å². The largest absolute Gasteiger partial charge is 0.385 e. The molecule has 0 fully saturated rings. The van der Waals surface area contributed by atoms with Gasteiger partial charge in [0.25, 0.3) is 0 Å². The highest BCUT2D eigenvalue weighted by atomic mass is 16.3. The number of rotatable bonds is 6. The summed E-state index contributed by atoms with van der Waals surface area (Å²) in [5.74, 6) is 0. The Morgan fingerprint density at radius 1 is 1.07 bits per heavy atom. The molecule has 0 saturated heterocycles. The summed E-state index contributed by atoms with van der Waals surface area (Å²) in [5.41, 5.74) is 0.371. The molecule has 1 aromatic rings. The van der Waals surface area contributed by atoms with Crippen LogP contribution in [0.2, 0.25) is 0 Å². The Kier molecular flexibility index (Phi) is 4.83. The van der Waals surface area contributed by atoms with Crippen LogP contribution in [0.3, 0.4) is 0 Å². The van der Waals surface area contributed by atoms with Gasteiger partial charge in [-0.3, -0.25) is 0 Å². The number of benzene rings is 1. The average Bonchev–Trinajstić information content (AvgIpc) is 2.26. The SMILES string of the molecule is CCCCCC[C@](C)(O)c1ccccc1. The minimum absolute atomic E-state index is 0.658. The Morgan fingerprint density at radius 3 is 2.33 bits per heavy atom. The van der Waals surface area contributed by atoms with Gasteiger partial charge in [0.15, 0.2) is 0 Å². The van der Waals surface area contributed by atoms with E-state index in [2.05, 4.69) is 6.92 Å². The fraction of sp³-hybridized carbons (Fsp3) is 0.571. The van der Waals surface area contributed by atoms with Crippen LogP contribution in [0.1, 0.15) is 51.5 Å². The second-order valence-corrected chi connectivity index (χ2v) is 4.45. The number of hydrogen-bond donors (Lipinski definition) is 1. The molecule has 0 radical (unpaired) electrons. The van der Waals surface area contributed by atoms with Crippen molar-refractivity contribution >= 4 is 0 Å². The summed E-state index contributed by atoms with van der Waals surface area (Å²) in [5, 5.41) is 10.3. The first-order chi connectivity index (χ1) is 7.17. The molecule has 1 aromatic carbocycles. The van der Waals surface area contributed by atoms with Gasteiger partial charge in [-0.15, -0.1) is 0 Å². The third kappa shape index (κ3) is 4.05. The third-order valence-corrected chi connectivity index (χ3v) is 2.91. The third-order valence-electron chi connectivity index (χ3n) is 2.91. The predicted molar refractivity (Wildman–Crippen MR) is 64.8 cm³/mol. The van der Waals surface area contributed by atoms with Crippen molar-refractivity contribution in [1.82, 2.24) is 0 Å². The van der Waals surface area contributed by atoms with Gasteiger partial charge in [0.05, 0.1) is 5.60 Å². The molecule has 0 aliphatic carbocycles. The van der Waals surface area contributed by atoms with Gasteiger partial charge in [-0.2, -0.15) is 0 Å². The molecular weight excluding hydrogens is 184 g/mol. The van der Waals surface area contributed by atoms with Crippen molar-refractivity contribution < 1.29 is 5.11 Å². The van der Waals surface area contributed by atoms with E-state index in [0.29, 0.717) is 0 Å². The predicted octanol–water partition coefficient (Wildman–Crippen LogP) is 3.86. The van der Waals surface area contributed by atoms with Crippen molar-refractivity contribution in [1.29, 1.82) is 0 Å². The molecule has 15 heavy (non-hydrogen) atoms. The summed E-state index contributed by atoms with van der Waals surface area (Å²) in [6.07, 6.45) is 5.70. The van der Waals surface area contributed by atoms with Crippen LogP contribution in [0.5, 0.6) is 0 Å². The first kappa shape index (κ1) is 12.3. The maximum absolute atomic E-state index is 10.3. The molecule has 0 heterocycles. The molecule has 1 N–H and O–H groups in total. The van der Waals surface area contributed by atoms with Gasteiger partial charge in [-0.1, -0.05) is 62.9 Å². The Hall–Kier alpha value is -0.820. The van der Waals surface area contributed by atoms with Crippen molar-refractivity contribution in [3.8, 4) is 0 Å². The molecule has 0 spiro atoms. The van der Waals surface area contributed by atoms with Gasteiger partial charge in [0, 0.05) is 0 Å². The maximum atomic E-state index is 10.3. The second kappa shape index (κ2) is 5.92. The lowest BCUT2D eigenvalue weighted by Gasteiger charge is -2.23. The van der Waals surface area contributed by atoms with Crippen LogP contribution in [0, 0.1) is 0 Å². The van der Waals surface area contributed by atoms with E-state index in [1.54, 1.807) is 0 Å². The van der Waals surface area contributed by atoms with Gasteiger partial charge in [-0.05, 0) is 18.9 Å². The van der Waals surface area contributed by atoms with Crippen LogP contribution in [0.4, 0.5) is 0 Å². The van der Waals surface area contributed by atoms with E-state index >= 15 is 0 Å². The lowest BCUT2D eigenvalue weighted by molar-refractivity contribution is 0.0448. The smallest absolute Gasteiger partial charge is 0.0868 e. The van der Waals surface area contributed by atoms with Crippen molar-refractivity contribution in [2.24, 2.45) is 0 Å². The molecule has 0 bridgehead atoms. The zero-order valence-electron chi connectivity index (χ0n) is 9.87. The molecule has 0 aromatic heterocycles. The van der Waals surface area contributed by atoms with E-state index in [1.165, 1.54) is 19.3 Å². The van der Waals surface area contributed by atoms with Crippen LogP contribution < -0.4 is 0 Å². The molecule has 1 atom stereocenters. The van der Waals surface area contributed by atoms with Gasteiger partial charge in [0.2, 0.25) is 0 Å². The van der Waals surface area contributed by atoms with E-state index < -0.39 is 5.60 Å². The standard InChI is InChI=1S/C14H22O/c1-3-4-5-9-12-14(2,15)13-10-7-6-8-11-13/h6-8,10-11,15H,3-5,9,12H2,1-2H3/t14-/m0/s1. The summed E-state index contributed by atoms with van der Waals surface area (Å²) in [7, 11) is 0. The lowest BCUT2D eigenvalue weighted by Crippen LogP contribution is -2.20. The molecule has 0 amide bonds. The summed E-state index contributed by atoms with van der Waals surface area (Å²) in [4.78, 5) is 0. The highest BCUT2D eigenvalue weighted by molar-refractivity contribution is 5.21. The minimum Gasteiger partial charge on any atom is -0.385 e. The first-order valence-corrected chi connectivity index (χ1v) is 5.94. The van der Waals surface area contributed by atoms with Crippen LogP contribution in [0.15, 0.2) is 30.3 Å². The average molecular weight is 206 g/mol. The Bertz CT molecular complexity index is 264. The Labute approximate surface area is 93.1 Å². The maximum Gasteiger partial charge on any atom is 0.0868 e. The van der Waals surface area contributed by atoms with Crippen molar-refractivity contribution in [3.05, 3.63) is 35.9 Å². The lowest BCUT2D eigenvalue weighted by atomic mass is 9.90. The van der Waals surface area contributed by atoms with Crippen LogP contribution in [0.25, 0.3) is 0 Å². The number of unbranched alkanes of at least 4 members (excludes halogenated alkanes) is 3. The van der Waals surface area contributed by atoms with Gasteiger partial charge >= 0.3 is 0 Å². The van der Waals surface area contributed by atoms with Crippen LogP contribution in [-0.2, 0) is 5.60 Å². The van der Waals surface area contributed by atoms with Gasteiger partial charge in [-0.25, -0.2) is 0 Å². The monoisotopic (exact) mass is 206 g/mol. The van der Waals surface area contributed by atoms with Crippen molar-refractivity contribution in [2.75, 3.05) is 0 Å². The Balaban J connectivity index is 2.45. The van der Waals surface area contributed by atoms with E-state index in [-0.39, 0.29) is 0 Å². The molecule has 0 saturated carbocycles. The molecule has 84 valence electrons. The van der Waals surface area contributed by atoms with E-state index in [4.69, 9.17) is 0 Å². The van der Waals surface area contributed by atoms with Gasteiger partial charge < -0.3 is 5.11 Å². The van der Waals surface area contributed by atoms with Gasteiger partial charge in [0.1, 0.15) is 0 Å². The van der Waals surface area contributed by atoms with E-state index in [9.17, 15) is 5.11 Å². The molecule has 1 nitrogen and oxygen atoms in total. The molecular formula is C14H22O. The topological polar surface area (TPSA) is 20.2 Å². The second-order valence-electron chi connectivity index (χ2n) is 4.45. The number of aliphatic hydroxyl groups is 1. The molecule has 1 rings (SSSR count). The minimum atomic E-state index is -0.658. The molecule has 1 heteroatoms. The molecule has 0 aliphatic rings. The summed E-state index contributed by atoms with van der Waals surface area (Å²) in [6, 6.07) is 9.95. The molecule has 0 unspecified atom stereocenters.